The molecule has 3 aromatic rings. The number of fused-ring (bicyclic) bond motifs is 5. The summed E-state index contributed by atoms with van der Waals surface area (Å²) in [6.45, 7) is 4.30. The molecule has 0 N–H and O–H groups in total. The Balaban J connectivity index is 2.14. The van der Waals surface area contributed by atoms with Crippen LogP contribution in [-0.2, 0) is 17.6 Å². The molecule has 0 fully saturated rings. The lowest BCUT2D eigenvalue weighted by Gasteiger charge is -2.21. The molecule has 4 rings (SSSR count). The normalized spacial score (nSPS) is 12.8. The van der Waals surface area contributed by atoms with Gasteiger partial charge in [-0.15, -0.1) is 0 Å². The number of rotatable bonds is 1. The highest BCUT2D eigenvalue weighted by molar-refractivity contribution is 6.02. The van der Waals surface area contributed by atoms with Gasteiger partial charge >= 0.3 is 5.97 Å². The monoisotopic (exact) mass is 305 g/mol. The lowest BCUT2D eigenvalue weighted by atomic mass is 9.85. The third-order valence-electron chi connectivity index (χ3n) is 4.83. The van der Waals surface area contributed by atoms with E-state index in [-0.39, 0.29) is 5.97 Å². The molecule has 0 atom stereocenters. The summed E-state index contributed by atoms with van der Waals surface area (Å²) in [6.07, 6.45) is 3.88. The van der Waals surface area contributed by atoms with Crippen molar-refractivity contribution in [1.29, 1.82) is 0 Å². The van der Waals surface area contributed by atoms with E-state index in [1.54, 1.807) is 0 Å². The summed E-state index contributed by atoms with van der Waals surface area (Å²) in [4.78, 5) is 12.4. The van der Waals surface area contributed by atoms with Gasteiger partial charge in [-0.05, 0) is 61.6 Å². The first-order chi connectivity index (χ1) is 11.1. The van der Waals surface area contributed by atoms with Gasteiger partial charge in [-0.1, -0.05) is 17.7 Å². The van der Waals surface area contributed by atoms with Gasteiger partial charge in [0.1, 0.15) is 0 Å². The van der Waals surface area contributed by atoms with Crippen molar-refractivity contribution >= 4 is 11.5 Å². The Bertz CT molecular complexity index is 950. The number of methoxy groups -OCH3 is 1. The molecule has 23 heavy (non-hydrogen) atoms. The highest BCUT2D eigenvalue weighted by atomic mass is 16.5. The summed E-state index contributed by atoms with van der Waals surface area (Å²) in [5.74, 6) is -0.247. The van der Waals surface area contributed by atoms with Gasteiger partial charge in [0.25, 0.3) is 0 Å². The summed E-state index contributed by atoms with van der Waals surface area (Å²) >= 11 is 0. The number of carbonyl (C=O) groups is 1. The van der Waals surface area contributed by atoms with E-state index in [0.29, 0.717) is 5.56 Å². The molecule has 3 nitrogen and oxygen atoms in total. The highest BCUT2D eigenvalue weighted by Gasteiger charge is 2.29. The number of hydrogen-bond acceptors (Lipinski definition) is 2. The molecule has 0 spiro atoms. The van der Waals surface area contributed by atoms with Crippen molar-refractivity contribution in [2.75, 3.05) is 7.11 Å². The molecule has 1 aliphatic rings. The number of esters is 1. The largest absolute Gasteiger partial charge is 0.465 e. The minimum absolute atomic E-state index is 0.247. The average molecular weight is 305 g/mol. The minimum atomic E-state index is -0.247. The van der Waals surface area contributed by atoms with Crippen molar-refractivity contribution in [1.82, 2.24) is 4.40 Å². The SMILES string of the molecule is COC(=O)c1c2c(n3ccccc13)-c1cc(C)cc(C)c1CC2. The molecule has 1 aliphatic carbocycles. The number of benzene rings is 1. The molecule has 0 unspecified atom stereocenters. The molecule has 0 aliphatic heterocycles. The van der Waals surface area contributed by atoms with Gasteiger partial charge in [0.15, 0.2) is 0 Å². The molecule has 0 saturated carbocycles. The van der Waals surface area contributed by atoms with E-state index in [1.165, 1.54) is 29.4 Å². The zero-order valence-electron chi connectivity index (χ0n) is 13.6. The second-order valence-electron chi connectivity index (χ2n) is 6.26. The Morgan fingerprint density at radius 3 is 2.70 bits per heavy atom. The van der Waals surface area contributed by atoms with Crippen LogP contribution in [0.5, 0.6) is 0 Å². The number of aromatic nitrogens is 1. The van der Waals surface area contributed by atoms with Crippen LogP contribution in [0.2, 0.25) is 0 Å². The summed E-state index contributed by atoms with van der Waals surface area (Å²) in [5.41, 5.74) is 9.12. The average Bonchev–Trinajstić information content (AvgIpc) is 2.88. The molecule has 0 bridgehead atoms. The molecule has 116 valence electrons. The molecule has 0 amide bonds. The third-order valence-corrected chi connectivity index (χ3v) is 4.83. The smallest absolute Gasteiger partial charge is 0.340 e. The first-order valence-electron chi connectivity index (χ1n) is 7.92. The molecule has 3 heteroatoms. The van der Waals surface area contributed by atoms with Crippen molar-refractivity contribution in [3.63, 3.8) is 0 Å². The van der Waals surface area contributed by atoms with Crippen LogP contribution in [0.4, 0.5) is 0 Å². The molecule has 0 saturated heterocycles. The fourth-order valence-corrected chi connectivity index (χ4v) is 3.92. The van der Waals surface area contributed by atoms with E-state index in [4.69, 9.17) is 4.74 Å². The molecule has 2 heterocycles. The van der Waals surface area contributed by atoms with Crippen LogP contribution in [0, 0.1) is 13.8 Å². The number of pyridine rings is 1. The topological polar surface area (TPSA) is 30.7 Å². The standard InChI is InChI=1S/C20H19NO2/c1-12-10-13(2)14-7-8-15-18(20(22)23-3)17-6-4-5-9-21(17)19(15)16(14)11-12/h4-6,9-11H,7-8H2,1-3H3. The van der Waals surface area contributed by atoms with Gasteiger partial charge in [0, 0.05) is 11.8 Å². The lowest BCUT2D eigenvalue weighted by molar-refractivity contribution is 0.0602. The first-order valence-corrected chi connectivity index (χ1v) is 7.92. The molecule has 1 aromatic carbocycles. The van der Waals surface area contributed by atoms with Gasteiger partial charge in [-0.2, -0.15) is 0 Å². The molecule has 2 aromatic heterocycles. The predicted octanol–water partition coefficient (Wildman–Crippen LogP) is 4.11. The van der Waals surface area contributed by atoms with E-state index >= 15 is 0 Å². The van der Waals surface area contributed by atoms with Crippen LogP contribution in [0.1, 0.15) is 32.6 Å². The Morgan fingerprint density at radius 1 is 1.13 bits per heavy atom. The van der Waals surface area contributed by atoms with E-state index in [2.05, 4.69) is 30.4 Å². The van der Waals surface area contributed by atoms with Crippen LogP contribution in [0.15, 0.2) is 36.5 Å². The summed E-state index contributed by atoms with van der Waals surface area (Å²) < 4.78 is 7.19. The Morgan fingerprint density at radius 2 is 1.91 bits per heavy atom. The molecular formula is C20H19NO2. The fraction of sp³-hybridized carbons (Fsp3) is 0.250. The third kappa shape index (κ3) is 1.93. The van der Waals surface area contributed by atoms with Crippen LogP contribution in [0.25, 0.3) is 16.8 Å². The van der Waals surface area contributed by atoms with Crippen LogP contribution in [-0.4, -0.2) is 17.5 Å². The molecule has 0 radical (unpaired) electrons. The van der Waals surface area contributed by atoms with Crippen LogP contribution in [0.3, 0.4) is 0 Å². The number of hydrogen-bond donors (Lipinski definition) is 0. The predicted molar refractivity (Wildman–Crippen MR) is 91.1 cm³/mol. The molecular weight excluding hydrogens is 286 g/mol. The van der Waals surface area contributed by atoms with E-state index in [9.17, 15) is 4.79 Å². The lowest BCUT2D eigenvalue weighted by Crippen LogP contribution is -2.10. The van der Waals surface area contributed by atoms with Crippen LogP contribution < -0.4 is 0 Å². The maximum absolute atomic E-state index is 12.4. The van der Waals surface area contributed by atoms with Crippen molar-refractivity contribution in [2.24, 2.45) is 0 Å². The minimum Gasteiger partial charge on any atom is -0.465 e. The van der Waals surface area contributed by atoms with Crippen molar-refractivity contribution in [3.8, 4) is 11.3 Å². The Labute approximate surface area is 135 Å². The highest BCUT2D eigenvalue weighted by Crippen LogP contribution is 2.40. The van der Waals surface area contributed by atoms with Gasteiger partial charge in [-0.25, -0.2) is 4.79 Å². The maximum Gasteiger partial charge on any atom is 0.340 e. The van der Waals surface area contributed by atoms with Gasteiger partial charge < -0.3 is 9.14 Å². The first kappa shape index (κ1) is 14.1. The number of aryl methyl sites for hydroxylation is 2. The number of carbonyl (C=O) groups excluding carboxylic acids is 1. The van der Waals surface area contributed by atoms with E-state index in [0.717, 1.165) is 29.6 Å². The maximum atomic E-state index is 12.4. The van der Waals surface area contributed by atoms with E-state index < -0.39 is 0 Å². The summed E-state index contributed by atoms with van der Waals surface area (Å²) in [7, 11) is 1.45. The van der Waals surface area contributed by atoms with Crippen LogP contribution >= 0.6 is 0 Å². The Kier molecular flexibility index (Phi) is 3.05. The summed E-state index contributed by atoms with van der Waals surface area (Å²) in [5, 5.41) is 0. The van der Waals surface area contributed by atoms with Crippen molar-refractivity contribution in [3.05, 3.63) is 64.3 Å². The Hall–Kier alpha value is -2.55. The number of ether oxygens (including phenoxy) is 1. The van der Waals surface area contributed by atoms with Gasteiger partial charge in [0.05, 0.1) is 23.9 Å². The van der Waals surface area contributed by atoms with Crippen molar-refractivity contribution in [2.45, 2.75) is 26.7 Å². The fourth-order valence-electron chi connectivity index (χ4n) is 3.92. The second kappa shape index (κ2) is 4.98. The zero-order chi connectivity index (χ0) is 16.1. The second-order valence-corrected chi connectivity index (χ2v) is 6.26. The quantitative estimate of drug-likeness (QED) is 0.633. The van der Waals surface area contributed by atoms with Gasteiger partial charge in [-0.3, -0.25) is 0 Å². The number of nitrogens with zero attached hydrogens (tertiary/aromatic N) is 1. The van der Waals surface area contributed by atoms with Crippen molar-refractivity contribution < 1.29 is 9.53 Å². The summed E-state index contributed by atoms with van der Waals surface area (Å²) in [6, 6.07) is 10.4. The zero-order valence-corrected chi connectivity index (χ0v) is 13.6. The van der Waals surface area contributed by atoms with E-state index in [1.807, 2.05) is 24.4 Å². The van der Waals surface area contributed by atoms with Gasteiger partial charge in [0.2, 0.25) is 0 Å².